The SMILES string of the molecule is CCOC(C)OC(C)OCCCN. The van der Waals surface area contributed by atoms with E-state index >= 15 is 0 Å². The first-order chi connectivity index (χ1) is 6.20. The minimum atomic E-state index is -0.229. The van der Waals surface area contributed by atoms with Crippen molar-refractivity contribution in [3.05, 3.63) is 0 Å². The second-order valence-electron chi connectivity index (χ2n) is 2.74. The third-order valence-electron chi connectivity index (χ3n) is 1.49. The monoisotopic (exact) mass is 191 g/mol. The first-order valence-electron chi connectivity index (χ1n) is 4.79. The van der Waals surface area contributed by atoms with Crippen LogP contribution in [0.4, 0.5) is 0 Å². The van der Waals surface area contributed by atoms with Crippen molar-refractivity contribution >= 4 is 0 Å². The molecule has 0 aliphatic heterocycles. The first kappa shape index (κ1) is 12.8. The van der Waals surface area contributed by atoms with E-state index in [1.165, 1.54) is 0 Å². The molecular formula is C9H21NO3. The average Bonchev–Trinajstić information content (AvgIpc) is 2.05. The Morgan fingerprint density at radius 2 is 1.77 bits per heavy atom. The van der Waals surface area contributed by atoms with E-state index in [0.29, 0.717) is 19.8 Å². The molecule has 0 fully saturated rings. The molecule has 0 heterocycles. The highest BCUT2D eigenvalue weighted by Crippen LogP contribution is 2.01. The van der Waals surface area contributed by atoms with Gasteiger partial charge in [0.25, 0.3) is 0 Å². The third kappa shape index (κ3) is 8.18. The summed E-state index contributed by atoms with van der Waals surface area (Å²) in [6.07, 6.45) is 0.419. The molecule has 0 spiro atoms. The molecule has 0 saturated carbocycles. The van der Waals surface area contributed by atoms with Gasteiger partial charge in [0.15, 0.2) is 12.6 Å². The molecule has 13 heavy (non-hydrogen) atoms. The van der Waals surface area contributed by atoms with Crippen LogP contribution < -0.4 is 5.73 Å². The van der Waals surface area contributed by atoms with E-state index in [4.69, 9.17) is 19.9 Å². The van der Waals surface area contributed by atoms with Crippen LogP contribution in [0.1, 0.15) is 27.2 Å². The van der Waals surface area contributed by atoms with Crippen LogP contribution in [0.2, 0.25) is 0 Å². The van der Waals surface area contributed by atoms with Gasteiger partial charge >= 0.3 is 0 Å². The quantitative estimate of drug-likeness (QED) is 0.461. The number of nitrogens with two attached hydrogens (primary N) is 1. The van der Waals surface area contributed by atoms with E-state index in [9.17, 15) is 0 Å². The molecule has 0 aliphatic rings. The fourth-order valence-corrected chi connectivity index (χ4v) is 0.916. The molecule has 4 heteroatoms. The summed E-state index contributed by atoms with van der Waals surface area (Å²) < 4.78 is 15.9. The summed E-state index contributed by atoms with van der Waals surface area (Å²) in [5.74, 6) is 0. The molecule has 0 saturated heterocycles. The van der Waals surface area contributed by atoms with Crippen molar-refractivity contribution in [2.75, 3.05) is 19.8 Å². The maximum absolute atomic E-state index is 5.35. The van der Waals surface area contributed by atoms with E-state index in [-0.39, 0.29) is 12.6 Å². The van der Waals surface area contributed by atoms with Crippen LogP contribution in [0.5, 0.6) is 0 Å². The van der Waals surface area contributed by atoms with Crippen LogP contribution in [0, 0.1) is 0 Å². The van der Waals surface area contributed by atoms with Crippen molar-refractivity contribution in [1.82, 2.24) is 0 Å². The van der Waals surface area contributed by atoms with Crippen molar-refractivity contribution in [1.29, 1.82) is 0 Å². The molecule has 0 radical (unpaired) electrons. The van der Waals surface area contributed by atoms with Gasteiger partial charge in [0.2, 0.25) is 0 Å². The summed E-state index contributed by atoms with van der Waals surface area (Å²) in [6, 6.07) is 0. The smallest absolute Gasteiger partial charge is 0.157 e. The Morgan fingerprint density at radius 3 is 2.31 bits per heavy atom. The van der Waals surface area contributed by atoms with Gasteiger partial charge in [-0.2, -0.15) is 0 Å². The zero-order valence-electron chi connectivity index (χ0n) is 8.79. The molecule has 2 atom stereocenters. The van der Waals surface area contributed by atoms with Gasteiger partial charge in [-0.25, -0.2) is 0 Å². The van der Waals surface area contributed by atoms with E-state index in [1.807, 2.05) is 20.8 Å². The standard InChI is InChI=1S/C9H21NO3/c1-4-11-8(2)13-9(3)12-7-5-6-10/h8-9H,4-7,10H2,1-3H3. The summed E-state index contributed by atoms with van der Waals surface area (Å²) in [5, 5.41) is 0. The van der Waals surface area contributed by atoms with Crippen molar-refractivity contribution in [2.45, 2.75) is 39.8 Å². The maximum atomic E-state index is 5.35. The highest BCUT2D eigenvalue weighted by atomic mass is 16.8. The molecule has 0 amide bonds. The minimum absolute atomic E-state index is 0.210. The molecule has 0 bridgehead atoms. The van der Waals surface area contributed by atoms with Gasteiger partial charge in [0, 0.05) is 6.61 Å². The fraction of sp³-hybridized carbons (Fsp3) is 1.00. The molecule has 4 nitrogen and oxygen atoms in total. The van der Waals surface area contributed by atoms with Gasteiger partial charge < -0.3 is 19.9 Å². The molecule has 0 aliphatic carbocycles. The van der Waals surface area contributed by atoms with Gasteiger partial charge in [-0.3, -0.25) is 0 Å². The molecule has 80 valence electrons. The van der Waals surface area contributed by atoms with E-state index in [2.05, 4.69) is 0 Å². The lowest BCUT2D eigenvalue weighted by Gasteiger charge is -2.18. The van der Waals surface area contributed by atoms with Crippen molar-refractivity contribution in [2.24, 2.45) is 5.73 Å². The van der Waals surface area contributed by atoms with Gasteiger partial charge in [0.1, 0.15) is 0 Å². The summed E-state index contributed by atoms with van der Waals surface area (Å²) in [5.41, 5.74) is 5.32. The van der Waals surface area contributed by atoms with Crippen LogP contribution in [-0.2, 0) is 14.2 Å². The molecular weight excluding hydrogens is 170 g/mol. The number of hydrogen-bond acceptors (Lipinski definition) is 4. The van der Waals surface area contributed by atoms with Gasteiger partial charge in [-0.15, -0.1) is 0 Å². The van der Waals surface area contributed by atoms with Crippen LogP contribution in [-0.4, -0.2) is 32.3 Å². The Bertz CT molecular complexity index is 111. The minimum Gasteiger partial charge on any atom is -0.353 e. The van der Waals surface area contributed by atoms with Gasteiger partial charge in [-0.1, -0.05) is 0 Å². The highest BCUT2D eigenvalue weighted by Gasteiger charge is 2.07. The molecule has 0 aromatic rings. The molecule has 0 aromatic carbocycles. The molecule has 0 aromatic heterocycles. The first-order valence-corrected chi connectivity index (χ1v) is 4.79. The van der Waals surface area contributed by atoms with E-state index in [0.717, 1.165) is 6.42 Å². The Labute approximate surface area is 80.3 Å². The largest absolute Gasteiger partial charge is 0.353 e. The predicted molar refractivity (Wildman–Crippen MR) is 51.3 cm³/mol. The number of ether oxygens (including phenoxy) is 3. The number of rotatable bonds is 8. The van der Waals surface area contributed by atoms with Crippen LogP contribution >= 0.6 is 0 Å². The molecule has 2 N–H and O–H groups in total. The van der Waals surface area contributed by atoms with Crippen molar-refractivity contribution in [3.8, 4) is 0 Å². The highest BCUT2D eigenvalue weighted by molar-refractivity contribution is 4.39. The Kier molecular flexibility index (Phi) is 8.33. The molecule has 2 unspecified atom stereocenters. The van der Waals surface area contributed by atoms with E-state index < -0.39 is 0 Å². The second-order valence-corrected chi connectivity index (χ2v) is 2.74. The summed E-state index contributed by atoms with van der Waals surface area (Å²) in [6.45, 7) is 7.57. The zero-order chi connectivity index (χ0) is 10.1. The Hall–Kier alpha value is -0.160. The van der Waals surface area contributed by atoms with Crippen molar-refractivity contribution < 1.29 is 14.2 Å². The van der Waals surface area contributed by atoms with Crippen molar-refractivity contribution in [3.63, 3.8) is 0 Å². The second kappa shape index (κ2) is 8.44. The van der Waals surface area contributed by atoms with Gasteiger partial charge in [-0.05, 0) is 33.7 Å². The lowest BCUT2D eigenvalue weighted by molar-refractivity contribution is -0.229. The predicted octanol–water partition coefficient (Wildman–Crippen LogP) is 1.10. The zero-order valence-corrected chi connectivity index (χ0v) is 8.79. The van der Waals surface area contributed by atoms with Crippen LogP contribution in [0.3, 0.4) is 0 Å². The lowest BCUT2D eigenvalue weighted by atomic mass is 10.5. The van der Waals surface area contributed by atoms with Crippen LogP contribution in [0.15, 0.2) is 0 Å². The summed E-state index contributed by atoms with van der Waals surface area (Å²) in [7, 11) is 0. The summed E-state index contributed by atoms with van der Waals surface area (Å²) >= 11 is 0. The average molecular weight is 191 g/mol. The molecule has 0 rings (SSSR count). The Balaban J connectivity index is 3.32. The normalized spacial score (nSPS) is 15.7. The Morgan fingerprint density at radius 1 is 1.15 bits per heavy atom. The number of hydrogen-bond donors (Lipinski definition) is 1. The lowest BCUT2D eigenvalue weighted by Crippen LogP contribution is -2.23. The third-order valence-corrected chi connectivity index (χ3v) is 1.49. The summed E-state index contributed by atoms with van der Waals surface area (Å²) in [4.78, 5) is 0. The maximum Gasteiger partial charge on any atom is 0.157 e. The van der Waals surface area contributed by atoms with E-state index in [1.54, 1.807) is 0 Å². The van der Waals surface area contributed by atoms with Crippen LogP contribution in [0.25, 0.3) is 0 Å². The van der Waals surface area contributed by atoms with Gasteiger partial charge in [0.05, 0.1) is 6.61 Å². The topological polar surface area (TPSA) is 53.7 Å². The fourth-order valence-electron chi connectivity index (χ4n) is 0.916.